The highest BCUT2D eigenvalue weighted by molar-refractivity contribution is 7.80. The Hall–Kier alpha value is -4.01. The second-order valence-electron chi connectivity index (χ2n) is 7.68. The second-order valence-corrected chi connectivity index (χ2v) is 8.09. The Balaban J connectivity index is 1.60. The molecule has 172 valence electrons. The lowest BCUT2D eigenvalue weighted by molar-refractivity contribution is 0.247. The number of aliphatic hydroxyl groups is 1. The van der Waals surface area contributed by atoms with Crippen LogP contribution in [0.3, 0.4) is 0 Å². The van der Waals surface area contributed by atoms with Gasteiger partial charge in [-0.25, -0.2) is 4.68 Å². The van der Waals surface area contributed by atoms with Crippen LogP contribution in [-0.4, -0.2) is 25.3 Å². The summed E-state index contributed by atoms with van der Waals surface area (Å²) in [6.45, 7) is 1.84. The fraction of sp³-hybridized carbons (Fsp3) is 0.115. The molecule has 0 spiro atoms. The van der Waals surface area contributed by atoms with E-state index in [1.165, 1.54) is 0 Å². The minimum atomic E-state index is -0.965. The van der Waals surface area contributed by atoms with Gasteiger partial charge in [0.1, 0.15) is 17.5 Å². The van der Waals surface area contributed by atoms with Gasteiger partial charge in [0, 0.05) is 12.6 Å². The van der Waals surface area contributed by atoms with Crippen molar-refractivity contribution in [2.45, 2.75) is 13.0 Å². The molecule has 1 aromatic heterocycles. The number of hydrazone groups is 1. The summed E-state index contributed by atoms with van der Waals surface area (Å²) in [5.74, 6) is 0. The summed E-state index contributed by atoms with van der Waals surface area (Å²) in [5, 5.41) is 18.5. The third-order valence-electron chi connectivity index (χ3n) is 5.51. The Labute approximate surface area is 203 Å². The largest absolute Gasteiger partial charge is 0.382 e. The molecule has 3 aromatic carbocycles. The lowest BCUT2D eigenvalue weighted by atomic mass is 9.99. The summed E-state index contributed by atoms with van der Waals surface area (Å²) in [7, 11) is 1.81. The molecule has 0 aliphatic rings. The van der Waals surface area contributed by atoms with Gasteiger partial charge in [-0.2, -0.15) is 5.10 Å². The third-order valence-corrected chi connectivity index (χ3v) is 5.71. The Morgan fingerprint density at radius 2 is 1.50 bits per heavy atom. The van der Waals surface area contributed by atoms with E-state index < -0.39 is 6.10 Å². The van der Waals surface area contributed by atoms with Crippen LogP contribution in [-0.2, 0) is 7.05 Å². The zero-order valence-electron chi connectivity index (χ0n) is 18.8. The molecule has 7 nitrogen and oxygen atoms in total. The van der Waals surface area contributed by atoms with Gasteiger partial charge in [-0.05, 0) is 36.8 Å². The first-order chi connectivity index (χ1) is 16.5. The van der Waals surface area contributed by atoms with Gasteiger partial charge < -0.3 is 10.4 Å². The van der Waals surface area contributed by atoms with Gasteiger partial charge in [-0.15, -0.1) is 0 Å². The Kier molecular flexibility index (Phi) is 7.01. The maximum atomic E-state index is 13.1. The topological polar surface area (TPSA) is 83.6 Å². The van der Waals surface area contributed by atoms with Gasteiger partial charge in [0.25, 0.3) is 5.56 Å². The van der Waals surface area contributed by atoms with E-state index in [1.54, 1.807) is 9.36 Å². The van der Waals surface area contributed by atoms with E-state index >= 15 is 0 Å². The van der Waals surface area contributed by atoms with Crippen molar-refractivity contribution in [2.24, 2.45) is 12.1 Å². The van der Waals surface area contributed by atoms with Gasteiger partial charge in [0.2, 0.25) is 0 Å². The van der Waals surface area contributed by atoms with Crippen LogP contribution in [0, 0.1) is 6.92 Å². The number of anilines is 1. The SMILES string of the molecule is Cc1c(NC(=S)N/N=C(/c2ccccc2)C(O)c2ccccc2)c(=O)n(-c2ccccc2)n1C. The summed E-state index contributed by atoms with van der Waals surface area (Å²) < 4.78 is 3.33. The average Bonchev–Trinajstić information content (AvgIpc) is 3.08. The van der Waals surface area contributed by atoms with Crippen molar-refractivity contribution in [3.8, 4) is 5.69 Å². The molecule has 4 aromatic rings. The number of nitrogens with one attached hydrogen (secondary N) is 2. The van der Waals surface area contributed by atoms with E-state index in [-0.39, 0.29) is 10.7 Å². The predicted molar refractivity (Wildman–Crippen MR) is 139 cm³/mol. The minimum Gasteiger partial charge on any atom is -0.382 e. The molecule has 0 amide bonds. The van der Waals surface area contributed by atoms with E-state index in [0.29, 0.717) is 17.0 Å². The van der Waals surface area contributed by atoms with Crippen LogP contribution >= 0.6 is 12.2 Å². The van der Waals surface area contributed by atoms with Crippen molar-refractivity contribution in [1.29, 1.82) is 0 Å². The van der Waals surface area contributed by atoms with Crippen LogP contribution in [0.25, 0.3) is 5.69 Å². The van der Waals surface area contributed by atoms with E-state index in [1.807, 2.05) is 105 Å². The average molecular weight is 472 g/mol. The van der Waals surface area contributed by atoms with Gasteiger partial charge >= 0.3 is 0 Å². The second kappa shape index (κ2) is 10.3. The standard InChI is InChI=1S/C26H25N5O2S/c1-18-22(25(33)31(30(18)2)21-16-10-5-11-17-21)27-26(34)29-28-23(19-12-6-3-7-13-19)24(32)20-14-8-4-9-15-20/h3-17,24,32H,1-2H3,(H2,27,29,34)/b28-23-. The van der Waals surface area contributed by atoms with E-state index in [2.05, 4.69) is 15.8 Å². The molecule has 34 heavy (non-hydrogen) atoms. The zero-order valence-corrected chi connectivity index (χ0v) is 19.7. The summed E-state index contributed by atoms with van der Waals surface area (Å²) in [6.07, 6.45) is -0.965. The number of rotatable bonds is 6. The lowest BCUT2D eigenvalue weighted by Gasteiger charge is -2.15. The molecule has 3 N–H and O–H groups in total. The summed E-state index contributed by atoms with van der Waals surface area (Å²) >= 11 is 5.43. The predicted octanol–water partition coefficient (Wildman–Crippen LogP) is 3.91. The number of aromatic nitrogens is 2. The molecule has 4 rings (SSSR count). The fourth-order valence-corrected chi connectivity index (χ4v) is 3.80. The van der Waals surface area contributed by atoms with E-state index in [4.69, 9.17) is 12.2 Å². The highest BCUT2D eigenvalue weighted by atomic mass is 32.1. The minimum absolute atomic E-state index is 0.139. The number of benzene rings is 3. The summed E-state index contributed by atoms with van der Waals surface area (Å²) in [4.78, 5) is 13.1. The number of thiocarbonyl (C=S) groups is 1. The van der Waals surface area contributed by atoms with Gasteiger partial charge in [0.15, 0.2) is 5.11 Å². The monoisotopic (exact) mass is 471 g/mol. The molecule has 0 saturated carbocycles. The van der Waals surface area contributed by atoms with Crippen LogP contribution < -0.4 is 16.3 Å². The molecule has 0 aliphatic heterocycles. The van der Waals surface area contributed by atoms with Gasteiger partial charge in [0.05, 0.1) is 11.4 Å². The maximum Gasteiger partial charge on any atom is 0.295 e. The molecule has 1 atom stereocenters. The maximum absolute atomic E-state index is 13.1. The molecule has 0 aliphatic carbocycles. The van der Waals surface area contributed by atoms with Crippen molar-refractivity contribution in [3.05, 3.63) is 118 Å². The molecular weight excluding hydrogens is 446 g/mol. The number of nitrogens with zero attached hydrogens (tertiary/aromatic N) is 3. The molecular formula is C26H25N5O2S. The molecule has 0 saturated heterocycles. The Morgan fingerprint density at radius 1 is 0.941 bits per heavy atom. The molecule has 0 fully saturated rings. The third kappa shape index (κ3) is 4.83. The van der Waals surface area contributed by atoms with Crippen LogP contribution in [0.4, 0.5) is 5.69 Å². The summed E-state index contributed by atoms with van der Waals surface area (Å²) in [5.41, 5.74) is 6.24. The van der Waals surface area contributed by atoms with Crippen molar-refractivity contribution in [2.75, 3.05) is 5.32 Å². The number of hydrogen-bond donors (Lipinski definition) is 3. The van der Waals surface area contributed by atoms with E-state index in [0.717, 1.165) is 16.9 Å². The van der Waals surface area contributed by atoms with Gasteiger partial charge in [-0.3, -0.25) is 14.9 Å². The smallest absolute Gasteiger partial charge is 0.295 e. The highest BCUT2D eigenvalue weighted by Crippen LogP contribution is 2.19. The van der Waals surface area contributed by atoms with Crippen LogP contribution in [0.5, 0.6) is 0 Å². The first-order valence-electron chi connectivity index (χ1n) is 10.7. The highest BCUT2D eigenvalue weighted by Gasteiger charge is 2.19. The molecule has 8 heteroatoms. The molecule has 1 unspecified atom stereocenters. The lowest BCUT2D eigenvalue weighted by Crippen LogP contribution is -2.29. The quantitative estimate of drug-likeness (QED) is 0.226. The Morgan fingerprint density at radius 3 is 2.12 bits per heavy atom. The van der Waals surface area contributed by atoms with Crippen LogP contribution in [0.2, 0.25) is 0 Å². The van der Waals surface area contributed by atoms with Crippen LogP contribution in [0.15, 0.2) is 101 Å². The van der Waals surface area contributed by atoms with Crippen molar-refractivity contribution in [1.82, 2.24) is 14.8 Å². The van der Waals surface area contributed by atoms with Crippen LogP contribution in [0.1, 0.15) is 22.9 Å². The molecule has 0 radical (unpaired) electrons. The van der Waals surface area contributed by atoms with Crippen molar-refractivity contribution >= 4 is 28.7 Å². The first-order valence-corrected chi connectivity index (χ1v) is 11.1. The number of hydrogen-bond acceptors (Lipinski definition) is 4. The number of para-hydroxylation sites is 1. The summed E-state index contributed by atoms with van der Waals surface area (Å²) in [6, 6.07) is 28.0. The zero-order chi connectivity index (χ0) is 24.1. The first kappa shape index (κ1) is 23.2. The molecule has 1 heterocycles. The van der Waals surface area contributed by atoms with E-state index in [9.17, 15) is 9.90 Å². The normalized spacial score (nSPS) is 12.3. The molecule has 0 bridgehead atoms. The van der Waals surface area contributed by atoms with Crippen molar-refractivity contribution < 1.29 is 5.11 Å². The van der Waals surface area contributed by atoms with Crippen molar-refractivity contribution in [3.63, 3.8) is 0 Å². The Bertz CT molecular complexity index is 1360. The van der Waals surface area contributed by atoms with Gasteiger partial charge in [-0.1, -0.05) is 78.9 Å². The number of aliphatic hydroxyl groups excluding tert-OH is 1. The fourth-order valence-electron chi connectivity index (χ4n) is 3.65.